The molecule has 1 aromatic heterocycles. The Morgan fingerprint density at radius 3 is 2.75 bits per heavy atom. The lowest BCUT2D eigenvalue weighted by atomic mass is 10.2. The lowest BCUT2D eigenvalue weighted by Gasteiger charge is -2.29. The zero-order chi connectivity index (χ0) is 14.2. The van der Waals surface area contributed by atoms with Crippen molar-refractivity contribution >= 4 is 0 Å². The summed E-state index contributed by atoms with van der Waals surface area (Å²) >= 11 is 0. The van der Waals surface area contributed by atoms with E-state index in [1.807, 2.05) is 13.1 Å². The minimum atomic E-state index is 0.189. The van der Waals surface area contributed by atoms with E-state index < -0.39 is 0 Å². The molecule has 5 heteroatoms. The maximum atomic E-state index is 9.20. The summed E-state index contributed by atoms with van der Waals surface area (Å²) in [6.45, 7) is 9.39. The van der Waals surface area contributed by atoms with Crippen molar-refractivity contribution in [1.29, 1.82) is 0 Å². The van der Waals surface area contributed by atoms with Crippen LogP contribution in [0.25, 0.3) is 0 Å². The number of rotatable bonds is 7. The fraction of sp³-hybridized carbons (Fsp3) is 0.667. The van der Waals surface area contributed by atoms with E-state index >= 15 is 0 Å². The molecular formula is C15H25N3O2. The molecule has 112 valence electrons. The van der Waals surface area contributed by atoms with Crippen molar-refractivity contribution in [3.8, 4) is 0 Å². The van der Waals surface area contributed by atoms with Gasteiger partial charge in [0.05, 0.1) is 25.5 Å². The van der Waals surface area contributed by atoms with E-state index in [4.69, 9.17) is 4.74 Å². The first-order valence-corrected chi connectivity index (χ1v) is 7.33. The summed E-state index contributed by atoms with van der Waals surface area (Å²) in [7, 11) is 0. The van der Waals surface area contributed by atoms with Crippen LogP contribution in [0.5, 0.6) is 0 Å². The molecule has 1 aliphatic heterocycles. The highest BCUT2D eigenvalue weighted by atomic mass is 16.5. The maximum Gasteiger partial charge on any atom is 0.0594 e. The van der Waals surface area contributed by atoms with Crippen molar-refractivity contribution in [2.24, 2.45) is 0 Å². The molecule has 1 aliphatic rings. The lowest BCUT2D eigenvalue weighted by molar-refractivity contribution is 0.0319. The van der Waals surface area contributed by atoms with E-state index in [1.54, 1.807) is 0 Å². The Bertz CT molecular complexity index is 377. The van der Waals surface area contributed by atoms with Crippen molar-refractivity contribution in [2.75, 3.05) is 52.5 Å². The number of pyridine rings is 1. The summed E-state index contributed by atoms with van der Waals surface area (Å²) in [5.41, 5.74) is 2.24. The van der Waals surface area contributed by atoms with Crippen molar-refractivity contribution in [3.05, 3.63) is 29.6 Å². The van der Waals surface area contributed by atoms with Crippen LogP contribution in [-0.2, 0) is 11.3 Å². The Hall–Kier alpha value is -1.01. The van der Waals surface area contributed by atoms with Gasteiger partial charge in [0.25, 0.3) is 0 Å². The van der Waals surface area contributed by atoms with Crippen LogP contribution in [0.1, 0.15) is 11.3 Å². The zero-order valence-electron chi connectivity index (χ0n) is 12.3. The van der Waals surface area contributed by atoms with Crippen LogP contribution in [0.3, 0.4) is 0 Å². The van der Waals surface area contributed by atoms with Gasteiger partial charge < -0.3 is 9.84 Å². The molecule has 2 rings (SSSR count). The molecule has 1 fully saturated rings. The van der Waals surface area contributed by atoms with Crippen LogP contribution in [-0.4, -0.2) is 72.4 Å². The minimum Gasteiger partial charge on any atom is -0.395 e. The number of aliphatic hydroxyl groups excluding tert-OH is 1. The van der Waals surface area contributed by atoms with E-state index in [0.717, 1.165) is 51.6 Å². The predicted molar refractivity (Wildman–Crippen MR) is 78.6 cm³/mol. The topological polar surface area (TPSA) is 48.8 Å². The van der Waals surface area contributed by atoms with Gasteiger partial charge in [0.1, 0.15) is 0 Å². The fourth-order valence-corrected chi connectivity index (χ4v) is 2.34. The van der Waals surface area contributed by atoms with Crippen LogP contribution < -0.4 is 0 Å². The Kier molecular flexibility index (Phi) is 6.39. The minimum absolute atomic E-state index is 0.189. The van der Waals surface area contributed by atoms with Gasteiger partial charge in [-0.2, -0.15) is 0 Å². The number of aryl methyl sites for hydroxylation is 1. The molecule has 1 saturated heterocycles. The van der Waals surface area contributed by atoms with Crippen molar-refractivity contribution in [1.82, 2.24) is 14.8 Å². The average Bonchev–Trinajstić information content (AvgIpc) is 2.48. The van der Waals surface area contributed by atoms with Gasteiger partial charge in [0.15, 0.2) is 0 Å². The molecule has 0 saturated carbocycles. The number of morpholine rings is 1. The molecule has 0 aliphatic carbocycles. The van der Waals surface area contributed by atoms with E-state index in [-0.39, 0.29) is 6.61 Å². The molecular weight excluding hydrogens is 254 g/mol. The van der Waals surface area contributed by atoms with E-state index in [2.05, 4.69) is 26.9 Å². The molecule has 0 bridgehead atoms. The third-order valence-electron chi connectivity index (χ3n) is 3.61. The highest BCUT2D eigenvalue weighted by molar-refractivity contribution is 5.12. The Balaban J connectivity index is 1.81. The first-order chi connectivity index (χ1) is 9.78. The molecule has 0 spiro atoms. The molecule has 0 radical (unpaired) electrons. The number of nitrogens with zero attached hydrogens (tertiary/aromatic N) is 3. The summed E-state index contributed by atoms with van der Waals surface area (Å²) in [4.78, 5) is 9.11. The molecule has 0 unspecified atom stereocenters. The van der Waals surface area contributed by atoms with Crippen LogP contribution in [0, 0.1) is 6.92 Å². The monoisotopic (exact) mass is 279 g/mol. The molecule has 20 heavy (non-hydrogen) atoms. The Morgan fingerprint density at radius 2 is 2.10 bits per heavy atom. The van der Waals surface area contributed by atoms with Crippen molar-refractivity contribution in [2.45, 2.75) is 13.5 Å². The highest BCUT2D eigenvalue weighted by Gasteiger charge is 2.12. The van der Waals surface area contributed by atoms with Gasteiger partial charge in [-0.3, -0.25) is 14.8 Å². The second-order valence-electron chi connectivity index (χ2n) is 5.28. The van der Waals surface area contributed by atoms with Gasteiger partial charge in [0.2, 0.25) is 0 Å². The van der Waals surface area contributed by atoms with E-state index in [0.29, 0.717) is 6.54 Å². The summed E-state index contributed by atoms with van der Waals surface area (Å²) < 4.78 is 5.36. The Morgan fingerprint density at radius 1 is 1.30 bits per heavy atom. The molecule has 2 heterocycles. The maximum absolute atomic E-state index is 9.20. The number of aromatic nitrogens is 1. The SMILES string of the molecule is Cc1ccc(CN(CCO)CCN2CCOCC2)nc1. The second kappa shape index (κ2) is 8.32. The second-order valence-corrected chi connectivity index (χ2v) is 5.28. The van der Waals surface area contributed by atoms with Crippen LogP contribution in [0.2, 0.25) is 0 Å². The average molecular weight is 279 g/mol. The quantitative estimate of drug-likeness (QED) is 0.788. The molecule has 5 nitrogen and oxygen atoms in total. The standard InChI is InChI=1S/C15H25N3O2/c1-14-2-3-15(16-12-14)13-18(6-9-19)5-4-17-7-10-20-11-8-17/h2-3,12,19H,4-11,13H2,1H3. The van der Waals surface area contributed by atoms with Gasteiger partial charge in [0, 0.05) is 45.5 Å². The number of aliphatic hydroxyl groups is 1. The summed E-state index contributed by atoms with van der Waals surface area (Å²) in [5, 5.41) is 9.20. The third-order valence-corrected chi connectivity index (χ3v) is 3.61. The zero-order valence-corrected chi connectivity index (χ0v) is 12.3. The first-order valence-electron chi connectivity index (χ1n) is 7.33. The highest BCUT2D eigenvalue weighted by Crippen LogP contribution is 2.04. The summed E-state index contributed by atoms with van der Waals surface area (Å²) in [6.07, 6.45) is 1.90. The predicted octanol–water partition coefficient (Wildman–Crippen LogP) is 0.517. The number of hydrogen-bond donors (Lipinski definition) is 1. The van der Waals surface area contributed by atoms with Crippen molar-refractivity contribution in [3.63, 3.8) is 0 Å². The molecule has 0 amide bonds. The molecule has 0 aromatic carbocycles. The lowest BCUT2D eigenvalue weighted by Crippen LogP contribution is -2.42. The summed E-state index contributed by atoms with van der Waals surface area (Å²) in [6, 6.07) is 4.15. The van der Waals surface area contributed by atoms with Crippen LogP contribution in [0.15, 0.2) is 18.3 Å². The van der Waals surface area contributed by atoms with Crippen LogP contribution in [0.4, 0.5) is 0 Å². The molecule has 0 atom stereocenters. The fourth-order valence-electron chi connectivity index (χ4n) is 2.34. The normalized spacial score (nSPS) is 16.8. The van der Waals surface area contributed by atoms with Gasteiger partial charge >= 0.3 is 0 Å². The number of hydrogen-bond acceptors (Lipinski definition) is 5. The first kappa shape index (κ1) is 15.4. The van der Waals surface area contributed by atoms with Gasteiger partial charge in [-0.25, -0.2) is 0 Å². The van der Waals surface area contributed by atoms with Crippen LogP contribution >= 0.6 is 0 Å². The Labute approximate surface area is 121 Å². The summed E-state index contributed by atoms with van der Waals surface area (Å²) in [5.74, 6) is 0. The van der Waals surface area contributed by atoms with E-state index in [1.165, 1.54) is 5.56 Å². The largest absolute Gasteiger partial charge is 0.395 e. The molecule has 1 N–H and O–H groups in total. The van der Waals surface area contributed by atoms with Crippen molar-refractivity contribution < 1.29 is 9.84 Å². The number of ether oxygens (including phenoxy) is 1. The third kappa shape index (κ3) is 5.17. The smallest absolute Gasteiger partial charge is 0.0594 e. The van der Waals surface area contributed by atoms with Gasteiger partial charge in [-0.05, 0) is 18.6 Å². The molecule has 1 aromatic rings. The van der Waals surface area contributed by atoms with E-state index in [9.17, 15) is 5.11 Å². The van der Waals surface area contributed by atoms with Gasteiger partial charge in [-0.1, -0.05) is 6.07 Å². The van der Waals surface area contributed by atoms with Gasteiger partial charge in [-0.15, -0.1) is 0 Å².